The summed E-state index contributed by atoms with van der Waals surface area (Å²) in [6.07, 6.45) is 0.752. The van der Waals surface area contributed by atoms with Crippen molar-refractivity contribution in [2.24, 2.45) is 0 Å². The van der Waals surface area contributed by atoms with E-state index < -0.39 is 0 Å². The van der Waals surface area contributed by atoms with Crippen LogP contribution in [0.25, 0.3) is 0 Å². The molecule has 8 heteroatoms. The van der Waals surface area contributed by atoms with Gasteiger partial charge in [-0.2, -0.15) is 0 Å². The van der Waals surface area contributed by atoms with Crippen LogP contribution in [-0.4, -0.2) is 78.2 Å². The summed E-state index contributed by atoms with van der Waals surface area (Å²) in [6, 6.07) is 10.4. The SMILES string of the molecule is Cc1nc(N2CCOCC2)[nH]c(=O)c1CCC(=O)N1CCN(Cc2ccccc2)CC1. The third-order valence-corrected chi connectivity index (χ3v) is 6.08. The van der Waals surface area contributed by atoms with Gasteiger partial charge in [-0.25, -0.2) is 4.98 Å². The van der Waals surface area contributed by atoms with E-state index in [1.54, 1.807) is 0 Å². The number of carbonyl (C=O) groups excluding carboxylic acids is 1. The molecule has 0 saturated carbocycles. The van der Waals surface area contributed by atoms with Gasteiger partial charge in [0.1, 0.15) is 0 Å². The van der Waals surface area contributed by atoms with E-state index in [9.17, 15) is 9.59 Å². The molecule has 2 saturated heterocycles. The number of H-pyrrole nitrogens is 1. The maximum absolute atomic E-state index is 12.7. The van der Waals surface area contributed by atoms with Crippen molar-refractivity contribution in [2.45, 2.75) is 26.3 Å². The second kappa shape index (κ2) is 10.1. The molecule has 0 radical (unpaired) electrons. The molecule has 0 atom stereocenters. The van der Waals surface area contributed by atoms with E-state index in [-0.39, 0.29) is 11.5 Å². The van der Waals surface area contributed by atoms with Gasteiger partial charge in [0, 0.05) is 63.5 Å². The van der Waals surface area contributed by atoms with Gasteiger partial charge in [0.25, 0.3) is 5.56 Å². The van der Waals surface area contributed by atoms with Crippen LogP contribution >= 0.6 is 0 Å². The molecule has 1 aromatic carbocycles. The number of benzene rings is 1. The lowest BCUT2D eigenvalue weighted by Gasteiger charge is -2.34. The number of nitrogens with zero attached hydrogens (tertiary/aromatic N) is 4. The zero-order valence-electron chi connectivity index (χ0n) is 18.2. The van der Waals surface area contributed by atoms with Crippen molar-refractivity contribution in [1.82, 2.24) is 19.8 Å². The quantitative estimate of drug-likeness (QED) is 0.749. The van der Waals surface area contributed by atoms with Gasteiger partial charge in [-0.15, -0.1) is 0 Å². The fraction of sp³-hybridized carbons (Fsp3) is 0.522. The maximum Gasteiger partial charge on any atom is 0.255 e. The van der Waals surface area contributed by atoms with Gasteiger partial charge < -0.3 is 14.5 Å². The Kier molecular flexibility index (Phi) is 6.99. The van der Waals surface area contributed by atoms with Crippen LogP contribution in [-0.2, 0) is 22.5 Å². The van der Waals surface area contributed by atoms with Crippen LogP contribution in [0.2, 0.25) is 0 Å². The van der Waals surface area contributed by atoms with Crippen molar-refractivity contribution in [1.29, 1.82) is 0 Å². The van der Waals surface area contributed by atoms with Gasteiger partial charge in [-0.05, 0) is 18.9 Å². The summed E-state index contributed by atoms with van der Waals surface area (Å²) in [6.45, 7) is 8.68. The number of nitrogens with one attached hydrogen (secondary N) is 1. The zero-order chi connectivity index (χ0) is 21.6. The van der Waals surface area contributed by atoms with Gasteiger partial charge in [0.05, 0.1) is 13.2 Å². The first-order valence-corrected chi connectivity index (χ1v) is 11.1. The molecule has 1 N–H and O–H groups in total. The van der Waals surface area contributed by atoms with Gasteiger partial charge in [0.2, 0.25) is 11.9 Å². The van der Waals surface area contributed by atoms with Crippen LogP contribution < -0.4 is 10.5 Å². The van der Waals surface area contributed by atoms with E-state index in [0.29, 0.717) is 43.3 Å². The summed E-state index contributed by atoms with van der Waals surface area (Å²) in [5.74, 6) is 0.700. The minimum absolute atomic E-state index is 0.107. The van der Waals surface area contributed by atoms with Crippen molar-refractivity contribution in [2.75, 3.05) is 57.4 Å². The Hall–Kier alpha value is -2.71. The van der Waals surface area contributed by atoms with Crippen molar-refractivity contribution < 1.29 is 9.53 Å². The molecule has 2 aliphatic rings. The Morgan fingerprint density at radius 2 is 1.77 bits per heavy atom. The molecule has 0 bridgehead atoms. The molecule has 2 aliphatic heterocycles. The number of amides is 1. The molecule has 166 valence electrons. The Morgan fingerprint density at radius 3 is 2.45 bits per heavy atom. The van der Waals surface area contributed by atoms with Crippen LogP contribution in [0.3, 0.4) is 0 Å². The molecule has 2 aromatic rings. The van der Waals surface area contributed by atoms with Crippen LogP contribution in [0.5, 0.6) is 0 Å². The number of aryl methyl sites for hydroxylation is 1. The highest BCUT2D eigenvalue weighted by molar-refractivity contribution is 5.76. The first-order valence-electron chi connectivity index (χ1n) is 11.1. The number of carbonyl (C=O) groups is 1. The van der Waals surface area contributed by atoms with E-state index in [0.717, 1.165) is 45.8 Å². The molecule has 3 heterocycles. The molecule has 8 nitrogen and oxygen atoms in total. The highest BCUT2D eigenvalue weighted by atomic mass is 16.5. The van der Waals surface area contributed by atoms with Gasteiger partial charge in [-0.3, -0.25) is 19.5 Å². The fourth-order valence-corrected chi connectivity index (χ4v) is 4.20. The lowest BCUT2D eigenvalue weighted by Crippen LogP contribution is -2.48. The van der Waals surface area contributed by atoms with Crippen molar-refractivity contribution in [3.8, 4) is 0 Å². The summed E-state index contributed by atoms with van der Waals surface area (Å²) in [5, 5.41) is 0. The maximum atomic E-state index is 12.7. The van der Waals surface area contributed by atoms with Gasteiger partial charge >= 0.3 is 0 Å². The molecule has 1 aromatic heterocycles. The second-order valence-electron chi connectivity index (χ2n) is 8.20. The minimum Gasteiger partial charge on any atom is -0.378 e. The summed E-state index contributed by atoms with van der Waals surface area (Å²) in [4.78, 5) is 39.1. The number of morpholine rings is 1. The Labute approximate surface area is 182 Å². The van der Waals surface area contributed by atoms with E-state index in [2.05, 4.69) is 39.1 Å². The monoisotopic (exact) mass is 425 g/mol. The Morgan fingerprint density at radius 1 is 1.06 bits per heavy atom. The topological polar surface area (TPSA) is 81.8 Å². The lowest BCUT2D eigenvalue weighted by atomic mass is 10.1. The molecule has 4 rings (SSSR count). The van der Waals surface area contributed by atoms with Crippen molar-refractivity contribution in [3.63, 3.8) is 0 Å². The predicted octanol–water partition coefficient (Wildman–Crippen LogP) is 1.19. The fourth-order valence-electron chi connectivity index (χ4n) is 4.20. The minimum atomic E-state index is -0.144. The first-order chi connectivity index (χ1) is 15.1. The van der Waals surface area contributed by atoms with Gasteiger partial charge in [0.15, 0.2) is 0 Å². The Bertz CT molecular complexity index is 932. The lowest BCUT2D eigenvalue weighted by molar-refractivity contribution is -0.133. The Balaban J connectivity index is 1.28. The normalized spacial score (nSPS) is 17.7. The molecular weight excluding hydrogens is 394 g/mol. The molecule has 2 fully saturated rings. The molecule has 1 amide bonds. The van der Waals surface area contributed by atoms with E-state index >= 15 is 0 Å². The third-order valence-electron chi connectivity index (χ3n) is 6.08. The molecule has 31 heavy (non-hydrogen) atoms. The summed E-state index contributed by atoms with van der Waals surface area (Å²) >= 11 is 0. The van der Waals surface area contributed by atoms with Crippen molar-refractivity contribution >= 4 is 11.9 Å². The van der Waals surface area contributed by atoms with Gasteiger partial charge in [-0.1, -0.05) is 30.3 Å². The van der Waals surface area contributed by atoms with Crippen molar-refractivity contribution in [3.05, 3.63) is 57.5 Å². The number of rotatable bonds is 6. The molecule has 0 unspecified atom stereocenters. The third kappa shape index (κ3) is 5.51. The molecule has 0 spiro atoms. The largest absolute Gasteiger partial charge is 0.378 e. The zero-order valence-corrected chi connectivity index (χ0v) is 18.2. The number of ether oxygens (including phenoxy) is 1. The number of aromatic nitrogens is 2. The molecular formula is C23H31N5O3. The standard InChI is InChI=1S/C23H31N5O3/c1-18-20(22(30)25-23(24-18)28-13-15-31-16-14-28)7-8-21(29)27-11-9-26(10-12-27)17-19-5-3-2-4-6-19/h2-6H,7-17H2,1H3,(H,24,25,30). The number of hydrogen-bond donors (Lipinski definition) is 1. The average molecular weight is 426 g/mol. The highest BCUT2D eigenvalue weighted by Gasteiger charge is 2.22. The number of piperazine rings is 1. The molecule has 0 aliphatic carbocycles. The predicted molar refractivity (Wildman–Crippen MR) is 119 cm³/mol. The van der Waals surface area contributed by atoms with Crippen LogP contribution in [0.15, 0.2) is 35.1 Å². The van der Waals surface area contributed by atoms with E-state index in [1.807, 2.05) is 22.8 Å². The van der Waals surface area contributed by atoms with E-state index in [4.69, 9.17) is 4.74 Å². The van der Waals surface area contributed by atoms with Crippen LogP contribution in [0, 0.1) is 6.92 Å². The second-order valence-corrected chi connectivity index (χ2v) is 8.20. The average Bonchev–Trinajstić information content (AvgIpc) is 2.80. The summed E-state index contributed by atoms with van der Waals surface area (Å²) in [7, 11) is 0. The van der Waals surface area contributed by atoms with E-state index in [1.165, 1.54) is 5.56 Å². The van der Waals surface area contributed by atoms with Crippen LogP contribution in [0.4, 0.5) is 5.95 Å². The smallest absolute Gasteiger partial charge is 0.255 e. The summed E-state index contributed by atoms with van der Waals surface area (Å²) < 4.78 is 5.36. The summed E-state index contributed by atoms with van der Waals surface area (Å²) in [5.41, 5.74) is 2.46. The first kappa shape index (κ1) is 21.5. The van der Waals surface area contributed by atoms with Crippen LogP contribution in [0.1, 0.15) is 23.2 Å². The number of anilines is 1. The highest BCUT2D eigenvalue weighted by Crippen LogP contribution is 2.13. The number of hydrogen-bond acceptors (Lipinski definition) is 6. The number of aromatic amines is 1.